The quantitative estimate of drug-likeness (QED) is 0.627. The second kappa shape index (κ2) is 8.13. The first-order valence-electron chi connectivity index (χ1n) is 9.05. The van der Waals surface area contributed by atoms with Gasteiger partial charge < -0.3 is 9.80 Å². The van der Waals surface area contributed by atoms with E-state index < -0.39 is 5.82 Å². The number of amidine groups is 1. The maximum absolute atomic E-state index is 14.8. The van der Waals surface area contributed by atoms with Crippen LogP contribution in [0.15, 0.2) is 24.4 Å². The Morgan fingerprint density at radius 3 is 2.71 bits per heavy atom. The number of aromatic nitrogens is 2. The first-order chi connectivity index (χ1) is 13.5. The Hall–Kier alpha value is -3.34. The molecule has 2 N–H and O–H groups in total. The van der Waals surface area contributed by atoms with E-state index in [1.54, 1.807) is 20.0 Å². The molecule has 0 aliphatic carbocycles. The maximum Gasteiger partial charge on any atom is 0.133 e. The van der Waals surface area contributed by atoms with Gasteiger partial charge in [0.05, 0.1) is 29.5 Å². The molecule has 1 aliphatic rings. The molecule has 0 saturated carbocycles. The van der Waals surface area contributed by atoms with E-state index in [-0.39, 0.29) is 5.92 Å². The number of nitrogens with one attached hydrogen (secondary N) is 2. The third kappa shape index (κ3) is 3.69. The van der Waals surface area contributed by atoms with Gasteiger partial charge in [-0.05, 0) is 38.0 Å². The number of nitrogens with zero attached hydrogens (tertiary/aromatic N) is 5. The summed E-state index contributed by atoms with van der Waals surface area (Å²) in [6, 6.07) is 6.76. The van der Waals surface area contributed by atoms with E-state index in [4.69, 9.17) is 10.8 Å². The number of hydrogen-bond donors (Lipinski definition) is 2. The van der Waals surface area contributed by atoms with Crippen LogP contribution in [0.3, 0.4) is 0 Å². The van der Waals surface area contributed by atoms with Crippen molar-refractivity contribution >= 4 is 17.9 Å². The Morgan fingerprint density at radius 1 is 1.39 bits per heavy atom. The fraction of sp³-hybridized carbons (Fsp3) is 0.350. The molecular formula is C20H22FN7. The average Bonchev–Trinajstić information content (AvgIpc) is 2.72. The number of piperidine rings is 1. The Bertz CT molecular complexity index is 942. The lowest BCUT2D eigenvalue weighted by Gasteiger charge is -2.36. The average molecular weight is 379 g/mol. The molecule has 0 bridgehead atoms. The zero-order chi connectivity index (χ0) is 20.3. The minimum atomic E-state index is -0.403. The van der Waals surface area contributed by atoms with E-state index >= 15 is 0 Å². The highest BCUT2D eigenvalue weighted by Crippen LogP contribution is 2.38. The van der Waals surface area contributed by atoms with E-state index in [0.29, 0.717) is 59.8 Å². The molecule has 1 aromatic heterocycles. The van der Waals surface area contributed by atoms with Gasteiger partial charge in [-0.15, -0.1) is 0 Å². The van der Waals surface area contributed by atoms with Gasteiger partial charge in [0, 0.05) is 37.2 Å². The second-order valence-corrected chi connectivity index (χ2v) is 6.90. The molecule has 3 rings (SSSR count). The molecule has 1 fully saturated rings. The summed E-state index contributed by atoms with van der Waals surface area (Å²) in [5.74, 6) is 0.0404. The van der Waals surface area contributed by atoms with Crippen LogP contribution in [0.4, 0.5) is 10.1 Å². The van der Waals surface area contributed by atoms with E-state index in [1.165, 1.54) is 23.2 Å². The molecule has 0 unspecified atom stereocenters. The van der Waals surface area contributed by atoms with Crippen molar-refractivity contribution in [1.82, 2.24) is 15.1 Å². The van der Waals surface area contributed by atoms with Crippen LogP contribution in [0.1, 0.15) is 24.1 Å². The summed E-state index contributed by atoms with van der Waals surface area (Å²) in [5.41, 5.74) is 2.61. The van der Waals surface area contributed by atoms with Gasteiger partial charge in [-0.25, -0.2) is 4.39 Å². The van der Waals surface area contributed by atoms with Gasteiger partial charge in [0.1, 0.15) is 17.7 Å². The molecule has 2 heterocycles. The van der Waals surface area contributed by atoms with E-state index in [9.17, 15) is 9.65 Å². The molecule has 28 heavy (non-hydrogen) atoms. The Morgan fingerprint density at radius 2 is 2.11 bits per heavy atom. The van der Waals surface area contributed by atoms with E-state index in [1.807, 2.05) is 4.90 Å². The van der Waals surface area contributed by atoms with Crippen molar-refractivity contribution in [3.63, 3.8) is 0 Å². The molecule has 0 spiro atoms. The van der Waals surface area contributed by atoms with Gasteiger partial charge >= 0.3 is 0 Å². The standard InChI is InChI=1S/C20H22FN7/c1-13-9-16(11-25-26-13)18-17(21)4-3-15(10-22)19(18)28-7-5-14(6-8-28)20(24)27(2)12-23/h3-4,9,11-12,14,23-24H,5-8H2,1-2H3. The fourth-order valence-electron chi connectivity index (χ4n) is 3.60. The van der Waals surface area contributed by atoms with E-state index in [2.05, 4.69) is 16.3 Å². The van der Waals surface area contributed by atoms with Crippen LogP contribution >= 0.6 is 0 Å². The lowest BCUT2D eigenvalue weighted by molar-refractivity contribution is 0.472. The van der Waals surface area contributed by atoms with Gasteiger partial charge in [0.15, 0.2) is 0 Å². The number of aryl methyl sites for hydroxylation is 1. The number of nitriles is 1. The maximum atomic E-state index is 14.8. The summed E-state index contributed by atoms with van der Waals surface area (Å²) < 4.78 is 14.8. The molecule has 1 saturated heterocycles. The summed E-state index contributed by atoms with van der Waals surface area (Å²) >= 11 is 0. The SMILES string of the molecule is Cc1cc(-c2c(F)ccc(C#N)c2N2CCC(C(=N)N(C)C=N)CC2)cnn1. The molecule has 0 radical (unpaired) electrons. The van der Waals surface area contributed by atoms with Crippen molar-refractivity contribution in [3.8, 4) is 17.2 Å². The Kier molecular flexibility index (Phi) is 5.64. The predicted molar refractivity (Wildman–Crippen MR) is 106 cm³/mol. The van der Waals surface area contributed by atoms with Gasteiger partial charge in [-0.3, -0.25) is 10.8 Å². The summed E-state index contributed by atoms with van der Waals surface area (Å²) in [4.78, 5) is 3.51. The number of rotatable bonds is 4. The van der Waals surface area contributed by atoms with Gasteiger partial charge in [0.2, 0.25) is 0 Å². The molecule has 0 amide bonds. The van der Waals surface area contributed by atoms with Crippen molar-refractivity contribution < 1.29 is 4.39 Å². The van der Waals surface area contributed by atoms with Crippen LogP contribution in [0, 0.1) is 40.8 Å². The smallest absolute Gasteiger partial charge is 0.133 e. The first kappa shape index (κ1) is 19.4. The molecule has 0 atom stereocenters. The molecule has 1 aliphatic heterocycles. The highest BCUT2D eigenvalue weighted by molar-refractivity contribution is 5.90. The monoisotopic (exact) mass is 379 g/mol. The number of halogens is 1. The van der Waals surface area contributed by atoms with Crippen molar-refractivity contribution in [1.29, 1.82) is 16.1 Å². The van der Waals surface area contributed by atoms with Crippen LogP contribution in [-0.4, -0.2) is 47.4 Å². The highest BCUT2D eigenvalue weighted by Gasteiger charge is 2.28. The number of anilines is 1. The Balaban J connectivity index is 1.97. The molecule has 144 valence electrons. The second-order valence-electron chi connectivity index (χ2n) is 6.90. The first-order valence-corrected chi connectivity index (χ1v) is 9.05. The van der Waals surface area contributed by atoms with Crippen molar-refractivity contribution in [2.45, 2.75) is 19.8 Å². The third-order valence-corrected chi connectivity index (χ3v) is 5.08. The number of hydrogen-bond acceptors (Lipinski definition) is 6. The van der Waals surface area contributed by atoms with Gasteiger partial charge in [-0.1, -0.05) is 0 Å². The number of benzene rings is 1. The van der Waals surface area contributed by atoms with Crippen LogP contribution < -0.4 is 4.90 Å². The van der Waals surface area contributed by atoms with Crippen LogP contribution in [0.25, 0.3) is 11.1 Å². The van der Waals surface area contributed by atoms with Crippen molar-refractivity contribution in [3.05, 3.63) is 41.5 Å². The minimum absolute atomic E-state index is 0.0373. The lowest BCUT2D eigenvalue weighted by Crippen LogP contribution is -2.41. The van der Waals surface area contributed by atoms with Crippen molar-refractivity contribution in [2.75, 3.05) is 25.0 Å². The molecule has 1 aromatic carbocycles. The fourth-order valence-corrected chi connectivity index (χ4v) is 3.60. The molecule has 7 nitrogen and oxygen atoms in total. The molecule has 2 aromatic rings. The summed E-state index contributed by atoms with van der Waals surface area (Å²) in [5, 5.41) is 33.0. The molecule has 8 heteroatoms. The zero-order valence-electron chi connectivity index (χ0n) is 15.9. The lowest BCUT2D eigenvalue weighted by atomic mass is 9.92. The normalized spacial score (nSPS) is 14.4. The molecular weight excluding hydrogens is 357 g/mol. The summed E-state index contributed by atoms with van der Waals surface area (Å²) in [7, 11) is 1.69. The van der Waals surface area contributed by atoms with Crippen molar-refractivity contribution in [2.24, 2.45) is 5.92 Å². The summed E-state index contributed by atoms with van der Waals surface area (Å²) in [6.45, 7) is 2.99. The van der Waals surface area contributed by atoms with Gasteiger partial charge in [0.25, 0.3) is 0 Å². The topological polar surface area (TPSA) is 104 Å². The summed E-state index contributed by atoms with van der Waals surface area (Å²) in [6.07, 6.45) is 4.04. The van der Waals surface area contributed by atoms with E-state index in [0.717, 1.165) is 6.34 Å². The third-order valence-electron chi connectivity index (χ3n) is 5.08. The minimum Gasteiger partial charge on any atom is -0.370 e. The zero-order valence-corrected chi connectivity index (χ0v) is 15.9. The highest BCUT2D eigenvalue weighted by atomic mass is 19.1. The van der Waals surface area contributed by atoms with Crippen LogP contribution in [0.2, 0.25) is 0 Å². The van der Waals surface area contributed by atoms with Crippen LogP contribution in [-0.2, 0) is 0 Å². The van der Waals surface area contributed by atoms with Crippen LogP contribution in [0.5, 0.6) is 0 Å². The predicted octanol–water partition coefficient (Wildman–Crippen LogP) is 3.20. The largest absolute Gasteiger partial charge is 0.370 e. The van der Waals surface area contributed by atoms with Gasteiger partial charge in [-0.2, -0.15) is 15.5 Å². The Labute approximate surface area is 163 Å².